The zero-order chi connectivity index (χ0) is 15.9. The fourth-order valence-electron chi connectivity index (χ4n) is 2.80. The number of carbonyl (C=O) groups is 2. The highest BCUT2D eigenvalue weighted by Crippen LogP contribution is 2.39. The van der Waals surface area contributed by atoms with Crippen molar-refractivity contribution >= 4 is 28.2 Å². The summed E-state index contributed by atoms with van der Waals surface area (Å²) >= 11 is 1.46. The molecule has 0 aromatic carbocycles. The quantitative estimate of drug-likeness (QED) is 0.906. The molecule has 0 radical (unpaired) electrons. The molecule has 0 saturated heterocycles. The molecule has 2 amide bonds. The van der Waals surface area contributed by atoms with Crippen LogP contribution in [0.4, 0.5) is 5.00 Å². The summed E-state index contributed by atoms with van der Waals surface area (Å²) in [7, 11) is 1.75. The van der Waals surface area contributed by atoms with Gasteiger partial charge >= 0.3 is 0 Å². The van der Waals surface area contributed by atoms with Crippen molar-refractivity contribution in [1.29, 1.82) is 0 Å². The fourth-order valence-corrected chi connectivity index (χ4v) is 4.21. The largest absolute Gasteiger partial charge is 0.365 e. The fraction of sp³-hybridized carbons (Fsp3) is 0.400. The number of aromatic nitrogens is 2. The van der Waals surface area contributed by atoms with Crippen LogP contribution >= 0.6 is 11.3 Å². The van der Waals surface area contributed by atoms with E-state index in [2.05, 4.69) is 17.3 Å². The summed E-state index contributed by atoms with van der Waals surface area (Å²) in [5, 5.41) is 7.41. The summed E-state index contributed by atoms with van der Waals surface area (Å²) in [6.07, 6.45) is 4.51. The number of carbonyl (C=O) groups excluding carboxylic acids is 2. The Bertz CT molecular complexity index is 747. The number of nitrogens with two attached hydrogens (primary N) is 1. The SMILES string of the molecule is CC1CCc2c(sc(NC(=O)c3ccn(C)n3)c2C(N)=O)C1. The molecule has 2 heterocycles. The first kappa shape index (κ1) is 14.8. The monoisotopic (exact) mass is 318 g/mol. The number of aryl methyl sites for hydroxylation is 1. The van der Waals surface area contributed by atoms with E-state index >= 15 is 0 Å². The van der Waals surface area contributed by atoms with Crippen LogP contribution in [0.15, 0.2) is 12.3 Å². The highest BCUT2D eigenvalue weighted by Gasteiger charge is 2.27. The van der Waals surface area contributed by atoms with Gasteiger partial charge in [0.25, 0.3) is 11.8 Å². The van der Waals surface area contributed by atoms with Crippen LogP contribution < -0.4 is 11.1 Å². The van der Waals surface area contributed by atoms with Gasteiger partial charge in [0.2, 0.25) is 0 Å². The van der Waals surface area contributed by atoms with E-state index in [1.165, 1.54) is 11.3 Å². The minimum atomic E-state index is -0.483. The summed E-state index contributed by atoms with van der Waals surface area (Å²) in [6.45, 7) is 2.19. The number of anilines is 1. The van der Waals surface area contributed by atoms with Gasteiger partial charge in [0, 0.05) is 18.1 Å². The van der Waals surface area contributed by atoms with Crippen molar-refractivity contribution < 1.29 is 9.59 Å². The number of hydrogen-bond acceptors (Lipinski definition) is 4. The number of primary amides is 1. The number of thiophene rings is 1. The van der Waals surface area contributed by atoms with E-state index in [1.807, 2.05) is 0 Å². The molecule has 1 atom stereocenters. The Balaban J connectivity index is 1.93. The molecule has 0 spiro atoms. The molecule has 3 N–H and O–H groups in total. The second-order valence-electron chi connectivity index (χ2n) is 5.75. The van der Waals surface area contributed by atoms with Crippen molar-refractivity contribution in [2.45, 2.75) is 26.2 Å². The van der Waals surface area contributed by atoms with Crippen LogP contribution in [0.2, 0.25) is 0 Å². The van der Waals surface area contributed by atoms with E-state index < -0.39 is 5.91 Å². The van der Waals surface area contributed by atoms with E-state index in [0.29, 0.717) is 22.2 Å². The Kier molecular flexibility index (Phi) is 3.74. The van der Waals surface area contributed by atoms with E-state index in [9.17, 15) is 9.59 Å². The van der Waals surface area contributed by atoms with E-state index in [-0.39, 0.29) is 5.91 Å². The van der Waals surface area contributed by atoms with Crippen LogP contribution in [0, 0.1) is 5.92 Å². The highest BCUT2D eigenvalue weighted by atomic mass is 32.1. The molecule has 0 bridgehead atoms. The molecule has 0 saturated carbocycles. The molecule has 22 heavy (non-hydrogen) atoms. The first-order valence-electron chi connectivity index (χ1n) is 7.21. The van der Waals surface area contributed by atoms with E-state index in [0.717, 1.165) is 29.7 Å². The number of fused-ring (bicyclic) bond motifs is 1. The van der Waals surface area contributed by atoms with Crippen LogP contribution in [0.25, 0.3) is 0 Å². The summed E-state index contributed by atoms with van der Waals surface area (Å²) < 4.78 is 1.56. The van der Waals surface area contributed by atoms with Gasteiger partial charge < -0.3 is 11.1 Å². The topological polar surface area (TPSA) is 90.0 Å². The number of nitrogens with zero attached hydrogens (tertiary/aromatic N) is 2. The summed E-state index contributed by atoms with van der Waals surface area (Å²) in [6, 6.07) is 1.63. The number of amides is 2. The lowest BCUT2D eigenvalue weighted by Gasteiger charge is -2.18. The molecule has 2 aromatic heterocycles. The van der Waals surface area contributed by atoms with Gasteiger partial charge in [-0.15, -0.1) is 11.3 Å². The number of hydrogen-bond donors (Lipinski definition) is 2. The Morgan fingerprint density at radius 2 is 2.27 bits per heavy atom. The zero-order valence-electron chi connectivity index (χ0n) is 12.5. The molecular weight excluding hydrogens is 300 g/mol. The minimum Gasteiger partial charge on any atom is -0.365 e. The average Bonchev–Trinajstić information content (AvgIpc) is 3.01. The smallest absolute Gasteiger partial charge is 0.276 e. The highest BCUT2D eigenvalue weighted by molar-refractivity contribution is 7.17. The van der Waals surface area contributed by atoms with Gasteiger partial charge in [-0.2, -0.15) is 5.10 Å². The lowest BCUT2D eigenvalue weighted by Crippen LogP contribution is -2.19. The zero-order valence-corrected chi connectivity index (χ0v) is 13.4. The second kappa shape index (κ2) is 5.57. The Morgan fingerprint density at radius 1 is 1.50 bits per heavy atom. The number of rotatable bonds is 3. The van der Waals surface area contributed by atoms with Gasteiger partial charge in [0.1, 0.15) is 5.00 Å². The Morgan fingerprint density at radius 3 is 2.91 bits per heavy atom. The summed E-state index contributed by atoms with van der Waals surface area (Å²) in [4.78, 5) is 25.2. The predicted octanol–water partition coefficient (Wildman–Crippen LogP) is 1.96. The van der Waals surface area contributed by atoms with Gasteiger partial charge in [-0.1, -0.05) is 6.92 Å². The molecule has 0 fully saturated rings. The third-order valence-corrected chi connectivity index (χ3v) is 5.10. The maximum Gasteiger partial charge on any atom is 0.276 e. The van der Waals surface area contributed by atoms with Crippen LogP contribution in [0.3, 0.4) is 0 Å². The molecule has 1 aliphatic carbocycles. The molecule has 1 unspecified atom stereocenters. The minimum absolute atomic E-state index is 0.317. The van der Waals surface area contributed by atoms with Crippen molar-refractivity contribution in [3.05, 3.63) is 34.0 Å². The van der Waals surface area contributed by atoms with Gasteiger partial charge in [0.15, 0.2) is 5.69 Å². The normalized spacial score (nSPS) is 17.1. The standard InChI is InChI=1S/C15H18N4O2S/c1-8-3-4-9-11(7-8)22-15(12(9)13(16)20)17-14(21)10-5-6-19(2)18-10/h5-6,8H,3-4,7H2,1-2H3,(H2,16,20)(H,17,21). The molecule has 1 aliphatic rings. The van der Waals surface area contributed by atoms with Gasteiger partial charge in [0.05, 0.1) is 5.56 Å². The molecule has 6 nitrogen and oxygen atoms in total. The molecule has 3 rings (SSSR count). The molecular formula is C15H18N4O2S. The number of nitrogens with one attached hydrogen (secondary N) is 1. The van der Waals surface area contributed by atoms with Gasteiger partial charge in [-0.25, -0.2) is 0 Å². The summed E-state index contributed by atoms with van der Waals surface area (Å²) in [5.74, 6) is -0.218. The molecule has 0 aliphatic heterocycles. The van der Waals surface area contributed by atoms with Crippen molar-refractivity contribution in [1.82, 2.24) is 9.78 Å². The van der Waals surface area contributed by atoms with Crippen molar-refractivity contribution in [2.24, 2.45) is 18.7 Å². The van der Waals surface area contributed by atoms with Crippen molar-refractivity contribution in [3.8, 4) is 0 Å². The Hall–Kier alpha value is -2.15. The van der Waals surface area contributed by atoms with Crippen molar-refractivity contribution in [2.75, 3.05) is 5.32 Å². The third kappa shape index (κ3) is 2.64. The lowest BCUT2D eigenvalue weighted by atomic mass is 9.88. The first-order chi connectivity index (χ1) is 10.5. The first-order valence-corrected chi connectivity index (χ1v) is 8.02. The van der Waals surface area contributed by atoms with E-state index in [1.54, 1.807) is 24.0 Å². The maximum absolute atomic E-state index is 12.2. The van der Waals surface area contributed by atoms with Crippen LogP contribution in [0.1, 0.15) is 44.6 Å². The average molecular weight is 318 g/mol. The predicted molar refractivity (Wildman–Crippen MR) is 85.2 cm³/mol. The molecule has 116 valence electrons. The van der Waals surface area contributed by atoms with Gasteiger partial charge in [-0.3, -0.25) is 14.3 Å². The molecule has 2 aromatic rings. The van der Waals surface area contributed by atoms with Crippen LogP contribution in [-0.4, -0.2) is 21.6 Å². The van der Waals surface area contributed by atoms with Crippen molar-refractivity contribution in [3.63, 3.8) is 0 Å². The van der Waals surface area contributed by atoms with Crippen LogP contribution in [0.5, 0.6) is 0 Å². The maximum atomic E-state index is 12.2. The lowest BCUT2D eigenvalue weighted by molar-refractivity contribution is 0.1000. The molecule has 7 heteroatoms. The second-order valence-corrected chi connectivity index (χ2v) is 6.85. The van der Waals surface area contributed by atoms with Crippen LogP contribution in [-0.2, 0) is 19.9 Å². The Labute approximate surface area is 132 Å². The summed E-state index contributed by atoms with van der Waals surface area (Å²) in [5.41, 5.74) is 7.33. The van der Waals surface area contributed by atoms with E-state index in [4.69, 9.17) is 5.73 Å². The van der Waals surface area contributed by atoms with Gasteiger partial charge in [-0.05, 0) is 36.8 Å². The third-order valence-electron chi connectivity index (χ3n) is 3.93.